The van der Waals surface area contributed by atoms with Crippen molar-refractivity contribution in [3.05, 3.63) is 90.0 Å². The first-order valence-corrected chi connectivity index (χ1v) is 13.1. The molecule has 2 amide bonds. The average Bonchev–Trinajstić information content (AvgIpc) is 2.87. The average molecular weight is 489 g/mol. The maximum Gasteiger partial charge on any atom is 0.322 e. The van der Waals surface area contributed by atoms with Crippen LogP contribution in [0, 0.1) is 0 Å². The molecule has 0 bridgehead atoms. The van der Waals surface area contributed by atoms with Gasteiger partial charge >= 0.3 is 12.0 Å². The molecule has 3 aromatic carbocycles. The third-order valence-electron chi connectivity index (χ3n) is 6.29. The molecule has 5 nitrogen and oxygen atoms in total. The number of carboxylic acid groups (broad SMARTS) is 1. The van der Waals surface area contributed by atoms with Crippen LogP contribution in [0.5, 0.6) is 0 Å². The number of carbonyl (C=O) groups excluding carboxylic acids is 1. The van der Waals surface area contributed by atoms with E-state index in [1.54, 1.807) is 11.8 Å². The van der Waals surface area contributed by atoms with Crippen LogP contribution >= 0.6 is 11.8 Å². The van der Waals surface area contributed by atoms with Crippen molar-refractivity contribution in [1.82, 2.24) is 5.32 Å². The molecule has 35 heavy (non-hydrogen) atoms. The van der Waals surface area contributed by atoms with Crippen LogP contribution in [0.25, 0.3) is 0 Å². The fraction of sp³-hybridized carbons (Fsp3) is 0.310. The lowest BCUT2D eigenvalue weighted by atomic mass is 9.96. The van der Waals surface area contributed by atoms with Crippen LogP contribution in [0.3, 0.4) is 0 Å². The molecule has 0 heterocycles. The highest BCUT2D eigenvalue weighted by atomic mass is 32.2. The predicted octanol–water partition coefficient (Wildman–Crippen LogP) is 6.56. The fourth-order valence-electron chi connectivity index (χ4n) is 4.43. The summed E-state index contributed by atoms with van der Waals surface area (Å²) in [6.07, 6.45) is 6.49. The standard InChI is InChI=1S/C29H32N2O3S/c32-28(33)20-23-14-16-26(17-15-23)35-27-13-7-12-25(21-27)31(19-18-22-8-3-1-4-9-22)29(34)30-24-10-5-2-6-11-24/h1,3-4,7-9,12-17,21,24H,2,5-6,10-11,18-20H2,(H,30,34)(H,32,33). The molecule has 0 aromatic heterocycles. The van der Waals surface area contributed by atoms with E-state index in [-0.39, 0.29) is 18.5 Å². The fourth-order valence-corrected chi connectivity index (χ4v) is 5.30. The Kier molecular flexibility index (Phi) is 8.85. The third-order valence-corrected chi connectivity index (χ3v) is 7.29. The van der Waals surface area contributed by atoms with Gasteiger partial charge in [0, 0.05) is 28.1 Å². The van der Waals surface area contributed by atoms with Crippen LogP contribution in [0.1, 0.15) is 43.2 Å². The van der Waals surface area contributed by atoms with Crippen molar-refractivity contribution in [2.75, 3.05) is 11.4 Å². The second-order valence-corrected chi connectivity index (χ2v) is 10.1. The Balaban J connectivity index is 1.49. The summed E-state index contributed by atoms with van der Waals surface area (Å²) in [6, 6.07) is 26.1. The molecule has 6 heteroatoms. The summed E-state index contributed by atoms with van der Waals surface area (Å²) < 4.78 is 0. The molecule has 0 saturated heterocycles. The SMILES string of the molecule is O=C(O)Cc1ccc(Sc2cccc(N(CCc3ccccc3)C(=O)NC3CCCCC3)c2)cc1. The molecule has 0 radical (unpaired) electrons. The van der Waals surface area contributed by atoms with E-state index in [4.69, 9.17) is 5.11 Å². The summed E-state index contributed by atoms with van der Waals surface area (Å²) in [7, 11) is 0. The van der Waals surface area contributed by atoms with Crippen molar-refractivity contribution in [2.24, 2.45) is 0 Å². The molecule has 1 saturated carbocycles. The summed E-state index contributed by atoms with van der Waals surface area (Å²) in [6.45, 7) is 0.598. The van der Waals surface area contributed by atoms with Crippen molar-refractivity contribution in [3.8, 4) is 0 Å². The Labute approximate surface area is 211 Å². The Hall–Kier alpha value is -3.25. The van der Waals surface area contributed by atoms with Gasteiger partial charge in [0.2, 0.25) is 0 Å². The summed E-state index contributed by atoms with van der Waals surface area (Å²) in [5, 5.41) is 12.3. The quantitative estimate of drug-likeness (QED) is 0.358. The molecular formula is C29H32N2O3S. The zero-order chi connectivity index (χ0) is 24.5. The van der Waals surface area contributed by atoms with E-state index in [0.29, 0.717) is 6.54 Å². The summed E-state index contributed by atoms with van der Waals surface area (Å²) in [5.74, 6) is -0.833. The number of carboxylic acids is 1. The molecular weight excluding hydrogens is 456 g/mol. The van der Waals surface area contributed by atoms with E-state index in [9.17, 15) is 9.59 Å². The lowest BCUT2D eigenvalue weighted by Crippen LogP contribution is -2.46. The molecule has 0 unspecified atom stereocenters. The summed E-state index contributed by atoms with van der Waals surface area (Å²) >= 11 is 1.60. The van der Waals surface area contributed by atoms with Gasteiger partial charge in [-0.05, 0) is 60.7 Å². The van der Waals surface area contributed by atoms with Gasteiger partial charge in [0.05, 0.1) is 6.42 Å². The van der Waals surface area contributed by atoms with Gasteiger partial charge in [0.15, 0.2) is 0 Å². The van der Waals surface area contributed by atoms with Crippen LogP contribution in [0.2, 0.25) is 0 Å². The number of aliphatic carboxylic acids is 1. The number of urea groups is 1. The van der Waals surface area contributed by atoms with Crippen LogP contribution in [-0.4, -0.2) is 29.7 Å². The van der Waals surface area contributed by atoms with Gasteiger partial charge < -0.3 is 10.4 Å². The summed E-state index contributed by atoms with van der Waals surface area (Å²) in [4.78, 5) is 28.2. The number of nitrogens with one attached hydrogen (secondary N) is 1. The van der Waals surface area contributed by atoms with Gasteiger partial charge in [-0.25, -0.2) is 4.79 Å². The molecule has 0 atom stereocenters. The topological polar surface area (TPSA) is 69.6 Å². The highest BCUT2D eigenvalue weighted by Gasteiger charge is 2.21. The lowest BCUT2D eigenvalue weighted by Gasteiger charge is -2.29. The largest absolute Gasteiger partial charge is 0.481 e. The Bertz CT molecular complexity index is 1110. The van der Waals surface area contributed by atoms with E-state index in [0.717, 1.165) is 40.3 Å². The number of carbonyl (C=O) groups is 2. The normalized spacial score (nSPS) is 13.8. The maximum absolute atomic E-state index is 13.4. The summed E-state index contributed by atoms with van der Waals surface area (Å²) in [5.41, 5.74) is 2.86. The number of rotatable bonds is 9. The van der Waals surface area contributed by atoms with E-state index in [1.807, 2.05) is 65.6 Å². The first kappa shape index (κ1) is 24.9. The van der Waals surface area contributed by atoms with Crippen molar-refractivity contribution in [3.63, 3.8) is 0 Å². The van der Waals surface area contributed by atoms with Crippen LogP contribution in [0.4, 0.5) is 10.5 Å². The molecule has 1 aliphatic carbocycles. The van der Waals surface area contributed by atoms with Crippen molar-refractivity contribution in [1.29, 1.82) is 0 Å². The van der Waals surface area contributed by atoms with Crippen LogP contribution in [-0.2, 0) is 17.6 Å². The van der Waals surface area contributed by atoms with Gasteiger partial charge in [0.1, 0.15) is 0 Å². The van der Waals surface area contributed by atoms with E-state index in [1.165, 1.54) is 24.8 Å². The molecule has 2 N–H and O–H groups in total. The van der Waals surface area contributed by atoms with E-state index in [2.05, 4.69) is 23.5 Å². The van der Waals surface area contributed by atoms with E-state index < -0.39 is 5.97 Å². The van der Waals surface area contributed by atoms with Crippen molar-refractivity contribution < 1.29 is 14.7 Å². The molecule has 4 rings (SSSR count). The number of nitrogens with zero attached hydrogens (tertiary/aromatic N) is 1. The number of amides is 2. The number of benzene rings is 3. The van der Waals surface area contributed by atoms with Gasteiger partial charge in [-0.1, -0.05) is 79.6 Å². The zero-order valence-corrected chi connectivity index (χ0v) is 20.7. The van der Waals surface area contributed by atoms with E-state index >= 15 is 0 Å². The lowest BCUT2D eigenvalue weighted by molar-refractivity contribution is -0.136. The molecule has 3 aromatic rings. The first-order chi connectivity index (χ1) is 17.1. The molecule has 1 fully saturated rings. The first-order valence-electron chi connectivity index (χ1n) is 12.3. The molecule has 1 aliphatic rings. The molecule has 182 valence electrons. The predicted molar refractivity (Wildman–Crippen MR) is 141 cm³/mol. The zero-order valence-electron chi connectivity index (χ0n) is 19.9. The maximum atomic E-state index is 13.4. The smallest absolute Gasteiger partial charge is 0.322 e. The Morgan fingerprint density at radius 1 is 0.857 bits per heavy atom. The van der Waals surface area contributed by atoms with Gasteiger partial charge in [0.25, 0.3) is 0 Å². The highest BCUT2D eigenvalue weighted by Crippen LogP contribution is 2.31. The monoisotopic (exact) mass is 488 g/mol. The van der Waals surface area contributed by atoms with Gasteiger partial charge in [-0.2, -0.15) is 0 Å². The Morgan fingerprint density at radius 3 is 2.31 bits per heavy atom. The minimum atomic E-state index is -0.833. The molecule has 0 aliphatic heterocycles. The third kappa shape index (κ3) is 7.62. The number of hydrogen-bond acceptors (Lipinski definition) is 3. The number of hydrogen-bond donors (Lipinski definition) is 2. The minimum absolute atomic E-state index is 0.0207. The van der Waals surface area contributed by atoms with Gasteiger partial charge in [-0.15, -0.1) is 0 Å². The van der Waals surface area contributed by atoms with Crippen molar-refractivity contribution in [2.45, 2.75) is 60.8 Å². The molecule has 0 spiro atoms. The number of anilines is 1. The minimum Gasteiger partial charge on any atom is -0.481 e. The Morgan fingerprint density at radius 2 is 1.60 bits per heavy atom. The van der Waals surface area contributed by atoms with Crippen molar-refractivity contribution >= 4 is 29.4 Å². The highest BCUT2D eigenvalue weighted by molar-refractivity contribution is 7.99. The second-order valence-electron chi connectivity index (χ2n) is 8.99. The van der Waals surface area contributed by atoms with Crippen LogP contribution < -0.4 is 10.2 Å². The van der Waals surface area contributed by atoms with Gasteiger partial charge in [-0.3, -0.25) is 9.69 Å². The second kappa shape index (κ2) is 12.5. The van der Waals surface area contributed by atoms with Crippen LogP contribution in [0.15, 0.2) is 88.7 Å².